The highest BCUT2D eigenvalue weighted by atomic mass is 32.1. The van der Waals surface area contributed by atoms with Crippen LogP contribution in [0.1, 0.15) is 5.69 Å². The van der Waals surface area contributed by atoms with Crippen LogP contribution in [0.25, 0.3) is 10.4 Å². The number of hydrogen-bond donors (Lipinski definition) is 1. The van der Waals surface area contributed by atoms with Gasteiger partial charge in [0.2, 0.25) is 0 Å². The van der Waals surface area contributed by atoms with E-state index in [0.29, 0.717) is 0 Å². The second-order valence-corrected chi connectivity index (χ2v) is 3.95. The van der Waals surface area contributed by atoms with Gasteiger partial charge in [-0.25, -0.2) is 4.98 Å². The number of thiazole rings is 1. The first-order chi connectivity index (χ1) is 7.31. The van der Waals surface area contributed by atoms with Crippen molar-refractivity contribution in [3.05, 3.63) is 35.5 Å². The van der Waals surface area contributed by atoms with Crippen LogP contribution in [-0.2, 0) is 0 Å². The normalized spacial score (nSPS) is 10.3. The molecule has 0 saturated heterocycles. The van der Waals surface area contributed by atoms with E-state index in [1.165, 1.54) is 10.4 Å². The summed E-state index contributed by atoms with van der Waals surface area (Å²) < 4.78 is 0. The summed E-state index contributed by atoms with van der Waals surface area (Å²) in [4.78, 5) is 10.6. The highest BCUT2D eigenvalue weighted by Gasteiger charge is 2.04. The number of hydroxylamine groups is 1. The molecular formula is C11H12N2OS. The van der Waals surface area contributed by atoms with E-state index in [1.54, 1.807) is 18.4 Å². The van der Waals surface area contributed by atoms with Crippen LogP contribution < -0.4 is 10.3 Å². The molecule has 78 valence electrons. The van der Waals surface area contributed by atoms with Crippen LogP contribution in [0.3, 0.4) is 0 Å². The number of aryl methyl sites for hydroxylation is 1. The smallest absolute Gasteiger partial charge is 0.147 e. The van der Waals surface area contributed by atoms with Crippen molar-refractivity contribution in [3.63, 3.8) is 0 Å². The molecule has 0 radical (unpaired) electrons. The molecule has 0 amide bonds. The summed E-state index contributed by atoms with van der Waals surface area (Å²) in [5, 5.41) is 0. The summed E-state index contributed by atoms with van der Waals surface area (Å²) >= 11 is 1.65. The third kappa shape index (κ3) is 2.16. The van der Waals surface area contributed by atoms with E-state index in [9.17, 15) is 0 Å². The zero-order valence-corrected chi connectivity index (χ0v) is 9.47. The zero-order chi connectivity index (χ0) is 10.7. The maximum absolute atomic E-state index is 5.15. The van der Waals surface area contributed by atoms with Crippen LogP contribution in [0.2, 0.25) is 0 Å². The minimum Gasteiger partial charge on any atom is -0.409 e. The predicted octanol–water partition coefficient (Wildman–Crippen LogP) is 2.63. The standard InChI is InChI=1S/C11H12N2OS/c1-8-11(15-7-13-8)9-3-5-10(6-4-9)14-12-2/h3-7,12H,1-2H3. The fourth-order valence-corrected chi connectivity index (χ4v) is 2.18. The number of benzene rings is 1. The average molecular weight is 220 g/mol. The maximum atomic E-state index is 5.15. The Morgan fingerprint density at radius 3 is 2.53 bits per heavy atom. The lowest BCUT2D eigenvalue weighted by atomic mass is 10.1. The summed E-state index contributed by atoms with van der Waals surface area (Å²) in [6.45, 7) is 2.02. The van der Waals surface area contributed by atoms with Crippen molar-refractivity contribution < 1.29 is 4.84 Å². The first-order valence-corrected chi connectivity index (χ1v) is 5.53. The van der Waals surface area contributed by atoms with Crippen LogP contribution in [0.5, 0.6) is 5.75 Å². The van der Waals surface area contributed by atoms with Gasteiger partial charge < -0.3 is 4.84 Å². The predicted molar refractivity (Wildman–Crippen MR) is 62.0 cm³/mol. The second-order valence-electron chi connectivity index (χ2n) is 3.10. The van der Waals surface area contributed by atoms with Gasteiger partial charge in [-0.15, -0.1) is 11.3 Å². The zero-order valence-electron chi connectivity index (χ0n) is 8.65. The van der Waals surface area contributed by atoms with Crippen LogP contribution in [-0.4, -0.2) is 12.0 Å². The van der Waals surface area contributed by atoms with Gasteiger partial charge >= 0.3 is 0 Å². The first-order valence-electron chi connectivity index (χ1n) is 4.65. The van der Waals surface area contributed by atoms with Crippen LogP contribution >= 0.6 is 11.3 Å². The third-order valence-corrected chi connectivity index (χ3v) is 3.06. The molecule has 2 rings (SSSR count). The summed E-state index contributed by atoms with van der Waals surface area (Å²) in [5.41, 5.74) is 6.75. The van der Waals surface area contributed by atoms with E-state index in [1.807, 2.05) is 36.7 Å². The van der Waals surface area contributed by atoms with E-state index in [-0.39, 0.29) is 0 Å². The lowest BCUT2D eigenvalue weighted by Gasteiger charge is -2.03. The van der Waals surface area contributed by atoms with E-state index < -0.39 is 0 Å². The van der Waals surface area contributed by atoms with Crippen molar-refractivity contribution in [1.29, 1.82) is 0 Å². The molecule has 0 aliphatic heterocycles. The molecule has 0 aliphatic rings. The van der Waals surface area contributed by atoms with Gasteiger partial charge in [0.25, 0.3) is 0 Å². The number of aromatic nitrogens is 1. The van der Waals surface area contributed by atoms with E-state index in [2.05, 4.69) is 10.5 Å². The molecule has 0 saturated carbocycles. The molecule has 1 N–H and O–H groups in total. The molecule has 0 spiro atoms. The molecule has 15 heavy (non-hydrogen) atoms. The van der Waals surface area contributed by atoms with Crippen molar-refractivity contribution >= 4 is 11.3 Å². The lowest BCUT2D eigenvalue weighted by Crippen LogP contribution is -2.10. The number of nitrogens with zero attached hydrogens (tertiary/aromatic N) is 1. The van der Waals surface area contributed by atoms with Crippen molar-refractivity contribution in [3.8, 4) is 16.2 Å². The van der Waals surface area contributed by atoms with Gasteiger partial charge in [0.05, 0.1) is 16.1 Å². The molecule has 0 unspecified atom stereocenters. The molecule has 0 bridgehead atoms. The maximum Gasteiger partial charge on any atom is 0.147 e. The summed E-state index contributed by atoms with van der Waals surface area (Å²) in [5.74, 6) is 0.809. The molecular weight excluding hydrogens is 208 g/mol. The van der Waals surface area contributed by atoms with Gasteiger partial charge in [-0.2, -0.15) is 5.48 Å². The highest BCUT2D eigenvalue weighted by molar-refractivity contribution is 7.13. The Bertz CT molecular complexity index is 436. The fraction of sp³-hybridized carbons (Fsp3) is 0.182. The molecule has 3 nitrogen and oxygen atoms in total. The number of rotatable bonds is 3. The SMILES string of the molecule is CNOc1ccc(-c2scnc2C)cc1. The van der Waals surface area contributed by atoms with Gasteiger partial charge in [0.15, 0.2) is 0 Å². The van der Waals surface area contributed by atoms with E-state index in [0.717, 1.165) is 11.4 Å². The van der Waals surface area contributed by atoms with Crippen LogP contribution in [0.15, 0.2) is 29.8 Å². The molecule has 1 aromatic carbocycles. The molecule has 4 heteroatoms. The van der Waals surface area contributed by atoms with Crippen molar-refractivity contribution in [2.75, 3.05) is 7.05 Å². The fourth-order valence-electron chi connectivity index (χ4n) is 1.37. The Kier molecular flexibility index (Phi) is 2.99. The third-order valence-electron chi connectivity index (χ3n) is 2.08. The summed E-state index contributed by atoms with van der Waals surface area (Å²) in [6, 6.07) is 7.94. The Morgan fingerprint density at radius 1 is 1.27 bits per heavy atom. The van der Waals surface area contributed by atoms with E-state index >= 15 is 0 Å². The van der Waals surface area contributed by atoms with Crippen LogP contribution in [0.4, 0.5) is 0 Å². The molecule has 0 aliphatic carbocycles. The minimum atomic E-state index is 0.809. The lowest BCUT2D eigenvalue weighted by molar-refractivity contribution is 0.224. The largest absolute Gasteiger partial charge is 0.409 e. The minimum absolute atomic E-state index is 0.809. The first kappa shape index (κ1) is 10.1. The second kappa shape index (κ2) is 4.42. The number of nitrogens with one attached hydrogen (secondary N) is 1. The van der Waals surface area contributed by atoms with Gasteiger partial charge in [0.1, 0.15) is 5.75 Å². The summed E-state index contributed by atoms with van der Waals surface area (Å²) in [6.07, 6.45) is 0. The van der Waals surface area contributed by atoms with Gasteiger partial charge in [-0.1, -0.05) is 0 Å². The topological polar surface area (TPSA) is 34.1 Å². The Balaban J connectivity index is 2.28. The van der Waals surface area contributed by atoms with E-state index in [4.69, 9.17) is 4.84 Å². The molecule has 0 atom stereocenters. The van der Waals surface area contributed by atoms with Crippen LogP contribution in [0, 0.1) is 6.92 Å². The average Bonchev–Trinajstić information content (AvgIpc) is 2.66. The molecule has 1 aromatic heterocycles. The molecule has 0 fully saturated rings. The Labute approximate surface area is 92.7 Å². The van der Waals surface area contributed by atoms with Gasteiger partial charge in [-0.3, -0.25) is 0 Å². The van der Waals surface area contributed by atoms with Gasteiger partial charge in [-0.05, 0) is 36.8 Å². The molecule has 1 heterocycles. The Hall–Kier alpha value is -1.39. The number of hydrogen-bond acceptors (Lipinski definition) is 4. The molecule has 2 aromatic rings. The quantitative estimate of drug-likeness (QED) is 0.807. The Morgan fingerprint density at radius 2 is 2.00 bits per heavy atom. The van der Waals surface area contributed by atoms with Crippen molar-refractivity contribution in [2.45, 2.75) is 6.92 Å². The highest BCUT2D eigenvalue weighted by Crippen LogP contribution is 2.28. The monoisotopic (exact) mass is 220 g/mol. The van der Waals surface area contributed by atoms with Gasteiger partial charge in [0, 0.05) is 7.05 Å². The van der Waals surface area contributed by atoms with Crippen molar-refractivity contribution in [2.24, 2.45) is 0 Å². The van der Waals surface area contributed by atoms with Crippen molar-refractivity contribution in [1.82, 2.24) is 10.5 Å². The summed E-state index contributed by atoms with van der Waals surface area (Å²) in [7, 11) is 1.74.